The van der Waals surface area contributed by atoms with Crippen LogP contribution in [-0.4, -0.2) is 93.3 Å². The number of hydrogen-bond donors (Lipinski definition) is 2. The van der Waals surface area contributed by atoms with Crippen LogP contribution in [0.25, 0.3) is 18.2 Å². The third kappa shape index (κ3) is 21.9. The fourth-order valence-corrected chi connectivity index (χ4v) is 4.18. The Kier molecular flexibility index (Phi) is 21.7. The summed E-state index contributed by atoms with van der Waals surface area (Å²) < 4.78 is 9.54. The van der Waals surface area contributed by atoms with Gasteiger partial charge in [0.05, 0.1) is 24.0 Å². The highest BCUT2D eigenvalue weighted by Gasteiger charge is 2.25. The topological polar surface area (TPSA) is 218 Å². The Bertz CT molecular complexity index is 2160. The highest BCUT2D eigenvalue weighted by Crippen LogP contribution is 2.17. The van der Waals surface area contributed by atoms with Crippen LogP contribution < -0.4 is 5.32 Å². The van der Waals surface area contributed by atoms with E-state index in [9.17, 15) is 33.6 Å². The predicted octanol–water partition coefficient (Wildman–Crippen LogP) is 5.46. The Morgan fingerprint density at radius 3 is 1.52 bits per heavy atom. The van der Waals surface area contributed by atoms with Crippen molar-refractivity contribution >= 4 is 70.7 Å². The van der Waals surface area contributed by atoms with Crippen molar-refractivity contribution in [3.05, 3.63) is 95.4 Å². The summed E-state index contributed by atoms with van der Waals surface area (Å²) in [6.45, 7) is 15.2. The summed E-state index contributed by atoms with van der Waals surface area (Å²) in [5.41, 5.74) is 2.81. The van der Waals surface area contributed by atoms with Crippen LogP contribution in [0.2, 0.25) is 0 Å². The molecule has 3 aromatic heterocycles. The van der Waals surface area contributed by atoms with Crippen molar-refractivity contribution < 1.29 is 43.4 Å². The lowest BCUT2D eigenvalue weighted by Crippen LogP contribution is -2.39. The number of nitrogens with zero attached hydrogens (tertiary/aromatic N) is 7. The number of carboxylic acid groups (broad SMARTS) is 1. The van der Waals surface area contributed by atoms with E-state index in [4.69, 9.17) is 16.7 Å². The number of hydrogen-bond acceptors (Lipinski definition) is 11. The molecule has 0 aliphatic carbocycles. The number of carbonyl (C=O) groups is 7. The van der Waals surface area contributed by atoms with E-state index in [1.54, 1.807) is 126 Å². The van der Waals surface area contributed by atoms with E-state index in [2.05, 4.69) is 25.3 Å². The zero-order chi connectivity index (χ0) is 46.5. The molecule has 0 aromatic carbocycles. The summed E-state index contributed by atoms with van der Waals surface area (Å²) in [6.07, 6.45) is 24.1. The molecular weight excluding hydrogens is 808 g/mol. The molecule has 2 aliphatic rings. The van der Waals surface area contributed by atoms with Crippen molar-refractivity contribution in [2.75, 3.05) is 13.1 Å². The maximum absolute atomic E-state index is 11.9. The predicted molar refractivity (Wildman–Crippen MR) is 232 cm³/mol. The van der Waals surface area contributed by atoms with Gasteiger partial charge in [0.15, 0.2) is 0 Å². The lowest BCUT2D eigenvalue weighted by molar-refractivity contribution is -0.162. The van der Waals surface area contributed by atoms with Crippen molar-refractivity contribution in [1.29, 1.82) is 0 Å². The third-order valence-corrected chi connectivity index (χ3v) is 8.28. The van der Waals surface area contributed by atoms with E-state index in [0.717, 1.165) is 47.7 Å². The number of halogens is 1. The molecule has 0 atom stereocenters. The van der Waals surface area contributed by atoms with Gasteiger partial charge in [0.25, 0.3) is 11.8 Å². The molecule has 3 aromatic rings. The van der Waals surface area contributed by atoms with Crippen molar-refractivity contribution in [1.82, 2.24) is 39.6 Å². The number of carbonyl (C=O) groups excluding carboxylic acids is 6. The number of carboxylic acids is 1. The summed E-state index contributed by atoms with van der Waals surface area (Å²) in [4.78, 5) is 78.6. The van der Waals surface area contributed by atoms with Gasteiger partial charge in [0.1, 0.15) is 0 Å². The Hall–Kier alpha value is -6.49. The summed E-state index contributed by atoms with van der Waals surface area (Å²) in [5, 5.41) is 22.5. The van der Waals surface area contributed by atoms with Crippen LogP contribution in [0, 0.1) is 10.8 Å². The average Bonchev–Trinajstić information content (AvgIpc) is 3.92. The summed E-state index contributed by atoms with van der Waals surface area (Å²) in [7, 11) is 5.36. The van der Waals surface area contributed by atoms with Crippen LogP contribution in [0.4, 0.5) is 0 Å². The molecule has 0 spiro atoms. The van der Waals surface area contributed by atoms with E-state index in [1.807, 2.05) is 26.1 Å². The number of ether oxygens (including phenoxy) is 1. The third-order valence-electron chi connectivity index (χ3n) is 7.71. The maximum Gasteiger partial charge on any atom is 0.338 e. The van der Waals surface area contributed by atoms with Crippen LogP contribution in [0.5, 0.6) is 0 Å². The van der Waals surface area contributed by atoms with Crippen molar-refractivity contribution in [3.63, 3.8) is 0 Å². The second-order valence-electron chi connectivity index (χ2n) is 15.6. The zero-order valence-electron chi connectivity index (χ0n) is 36.6. The van der Waals surface area contributed by atoms with E-state index in [0.29, 0.717) is 12.1 Å². The number of aryl methyl sites for hydroxylation is 3. The summed E-state index contributed by atoms with van der Waals surface area (Å²) in [5.74, 6) is -2.57. The molecule has 0 bridgehead atoms. The zero-order valence-corrected chi connectivity index (χ0v) is 37.4. The number of aromatic nitrogens is 6. The Balaban J connectivity index is 0.000000400. The molecule has 0 unspecified atom stereocenters. The fourth-order valence-electron chi connectivity index (χ4n) is 4.18. The van der Waals surface area contributed by atoms with Gasteiger partial charge in [-0.2, -0.15) is 15.3 Å². The number of aliphatic carboxylic acids is 1. The van der Waals surface area contributed by atoms with E-state index < -0.39 is 23.3 Å². The first-order valence-electron chi connectivity index (χ1n) is 19.0. The number of esters is 2. The van der Waals surface area contributed by atoms with Gasteiger partial charge >= 0.3 is 17.9 Å². The molecule has 0 saturated heterocycles. The van der Waals surface area contributed by atoms with Crippen molar-refractivity contribution in [3.8, 4) is 0 Å². The molecule has 17 nitrogen and oxygen atoms in total. The molecule has 0 saturated carbocycles. The minimum Gasteiger partial charge on any atom is -0.478 e. The van der Waals surface area contributed by atoms with Gasteiger partial charge in [0.2, 0.25) is 11.1 Å². The Morgan fingerprint density at radius 2 is 1.16 bits per heavy atom. The van der Waals surface area contributed by atoms with Gasteiger partial charge in [0, 0.05) is 104 Å². The summed E-state index contributed by atoms with van der Waals surface area (Å²) in [6, 6.07) is 0. The van der Waals surface area contributed by atoms with E-state index >= 15 is 0 Å². The molecule has 61 heavy (non-hydrogen) atoms. The van der Waals surface area contributed by atoms with Crippen LogP contribution in [0.3, 0.4) is 0 Å². The molecule has 2 N–H and O–H groups in total. The normalized spacial score (nSPS) is 13.9. The molecule has 330 valence electrons. The van der Waals surface area contributed by atoms with Crippen molar-refractivity contribution in [2.45, 2.75) is 68.2 Å². The largest absolute Gasteiger partial charge is 0.478 e. The van der Waals surface area contributed by atoms with Gasteiger partial charge in [-0.15, -0.1) is 0 Å². The highest BCUT2D eigenvalue weighted by atomic mass is 35.5. The molecular formula is C43H57ClN8O9. The lowest BCUT2D eigenvalue weighted by atomic mass is 9.97. The minimum atomic E-state index is -0.950. The summed E-state index contributed by atoms with van der Waals surface area (Å²) >= 11 is 5.11. The van der Waals surface area contributed by atoms with Crippen LogP contribution >= 0.6 is 11.6 Å². The number of imide groups is 1. The van der Waals surface area contributed by atoms with Gasteiger partial charge in [-0.05, 0) is 77.3 Å². The number of nitrogens with one attached hydrogen (secondary N) is 1. The number of amides is 3. The van der Waals surface area contributed by atoms with Crippen LogP contribution in [0.1, 0.15) is 84.9 Å². The van der Waals surface area contributed by atoms with Gasteiger partial charge in [-0.3, -0.25) is 42.9 Å². The standard InChI is InChI=1S/C13H15N3O2.C12H16N2O3.C7H8N2O2.C6H9NO.C5H9ClO/c1-10-4-3-7-16(13(10)18)12(17)6-5-11-8-14-15(2)9-11;1-12(2,3)11(16)17-10(15)6-5-9-7-13-14(4)8-9;1-9-5-6(4-8-9)2-3-7(10)11;1-5-3-2-4-7-6(5)8;1-5(2,3)4(6)7/h4-6,8-9H,3,7H2,1-2H3;5-8H,1-4H3;2-5H,1H3,(H,10,11);3H,2,4H2,1H3,(H,7,8);1-3H3/b2*6-5+;3-2+;;. The first-order chi connectivity index (χ1) is 28.3. The SMILES string of the molecule is CC(C)(C)C(=O)Cl.CC1=CCCN(C(=O)/C=C/c2cnn(C)c2)C1=O.CC1=CCCNC1=O.Cn1cc(/C=C/C(=O)O)cn1.Cn1cc(/C=C/C(=O)OC(=O)C(C)(C)C)cn1. The van der Waals surface area contributed by atoms with E-state index in [-0.39, 0.29) is 28.4 Å². The molecule has 0 radical (unpaired) electrons. The first-order valence-corrected chi connectivity index (χ1v) is 19.3. The number of rotatable bonds is 6. The quantitative estimate of drug-likeness (QED) is 0.137. The molecule has 5 rings (SSSR count). The fraction of sp³-hybridized carbons (Fsp3) is 0.395. The second kappa shape index (κ2) is 25.2. The molecule has 18 heteroatoms. The smallest absolute Gasteiger partial charge is 0.338 e. The Labute approximate surface area is 361 Å². The molecule has 5 heterocycles. The first kappa shape index (κ1) is 52.5. The van der Waals surface area contributed by atoms with Crippen LogP contribution in [0.15, 0.2) is 78.7 Å². The Morgan fingerprint density at radius 1 is 0.721 bits per heavy atom. The second-order valence-corrected chi connectivity index (χ2v) is 15.9. The monoisotopic (exact) mass is 864 g/mol. The van der Waals surface area contributed by atoms with E-state index in [1.165, 1.54) is 23.1 Å². The van der Waals surface area contributed by atoms with Gasteiger partial charge in [-0.1, -0.05) is 32.9 Å². The molecule has 2 aliphatic heterocycles. The minimum absolute atomic E-state index is 0.0799. The molecule has 0 fully saturated rings. The molecule has 3 amide bonds. The van der Waals surface area contributed by atoms with Crippen molar-refractivity contribution in [2.24, 2.45) is 32.0 Å². The van der Waals surface area contributed by atoms with Gasteiger partial charge in [-0.25, -0.2) is 9.59 Å². The highest BCUT2D eigenvalue weighted by molar-refractivity contribution is 6.64. The van der Waals surface area contributed by atoms with Crippen LogP contribution in [-0.2, 0) is 59.4 Å². The maximum atomic E-state index is 11.9. The lowest BCUT2D eigenvalue weighted by Gasteiger charge is -2.22. The van der Waals surface area contributed by atoms with Gasteiger partial charge < -0.3 is 15.2 Å². The average molecular weight is 865 g/mol.